The van der Waals surface area contributed by atoms with E-state index in [-0.39, 0.29) is 6.04 Å². The molecule has 0 radical (unpaired) electrons. The van der Waals surface area contributed by atoms with E-state index in [1.807, 2.05) is 19.1 Å². The smallest absolute Gasteiger partial charge is 0.260 e. The van der Waals surface area contributed by atoms with Gasteiger partial charge in [0.2, 0.25) is 0 Å². The number of rotatable bonds is 4. The molecule has 2 aromatic rings. The molecule has 6 heteroatoms. The van der Waals surface area contributed by atoms with Gasteiger partial charge in [-0.1, -0.05) is 12.5 Å². The number of nitrogens with zero attached hydrogens (tertiary/aromatic N) is 3. The minimum Gasteiger partial charge on any atom is -0.365 e. The summed E-state index contributed by atoms with van der Waals surface area (Å²) < 4.78 is 0. The first-order chi connectivity index (χ1) is 10.6. The largest absolute Gasteiger partial charge is 0.365 e. The van der Waals surface area contributed by atoms with Gasteiger partial charge < -0.3 is 5.73 Å². The monoisotopic (exact) mass is 316 g/mol. The van der Waals surface area contributed by atoms with Crippen LogP contribution in [0.4, 0.5) is 0 Å². The zero-order valence-electron chi connectivity index (χ0n) is 12.7. The quantitative estimate of drug-likeness (QED) is 0.941. The van der Waals surface area contributed by atoms with Crippen molar-refractivity contribution in [2.45, 2.75) is 38.8 Å². The van der Waals surface area contributed by atoms with Gasteiger partial charge in [0, 0.05) is 12.2 Å². The third-order valence-electron chi connectivity index (χ3n) is 3.98. The average molecular weight is 316 g/mol. The lowest BCUT2D eigenvalue weighted by Gasteiger charge is -2.34. The van der Waals surface area contributed by atoms with E-state index >= 15 is 0 Å². The highest BCUT2D eigenvalue weighted by Crippen LogP contribution is 2.34. The summed E-state index contributed by atoms with van der Waals surface area (Å²) in [5.41, 5.74) is 7.46. The first-order valence-electron chi connectivity index (χ1n) is 7.55. The molecule has 2 aromatic heterocycles. The van der Waals surface area contributed by atoms with Gasteiger partial charge in [-0.2, -0.15) is 0 Å². The standard InChI is InChI=1S/C16H20N4OS/c1-11-5-4-6-12(19-11)10-20-8-3-2-7-13(20)16-18-9-14(22-16)15(17)21/h4-6,9,13H,2-3,7-8,10H2,1H3,(H2,17,21). The zero-order chi connectivity index (χ0) is 15.5. The van der Waals surface area contributed by atoms with Crippen LogP contribution in [0.1, 0.15) is 51.4 Å². The number of amides is 1. The Kier molecular flexibility index (Phi) is 4.49. The first kappa shape index (κ1) is 15.1. The molecule has 1 unspecified atom stereocenters. The molecule has 1 amide bonds. The molecule has 0 bridgehead atoms. The number of carbonyl (C=O) groups excluding carboxylic acids is 1. The number of piperidine rings is 1. The van der Waals surface area contributed by atoms with Crippen LogP contribution in [0, 0.1) is 6.92 Å². The third kappa shape index (κ3) is 3.34. The predicted octanol–water partition coefficient (Wildman–Crippen LogP) is 2.67. The Morgan fingerprint density at radius 3 is 3.05 bits per heavy atom. The number of aryl methyl sites for hydroxylation is 1. The molecular weight excluding hydrogens is 296 g/mol. The number of likely N-dealkylation sites (tertiary alicyclic amines) is 1. The zero-order valence-corrected chi connectivity index (χ0v) is 13.5. The van der Waals surface area contributed by atoms with E-state index in [9.17, 15) is 4.79 Å². The Hall–Kier alpha value is -1.79. The molecule has 0 aliphatic carbocycles. The second-order valence-corrected chi connectivity index (χ2v) is 6.74. The normalized spacial score (nSPS) is 19.2. The van der Waals surface area contributed by atoms with Gasteiger partial charge >= 0.3 is 0 Å². The number of hydrogen-bond donors (Lipinski definition) is 1. The van der Waals surface area contributed by atoms with Crippen LogP contribution in [0.15, 0.2) is 24.4 Å². The van der Waals surface area contributed by atoms with Crippen molar-refractivity contribution >= 4 is 17.2 Å². The lowest BCUT2D eigenvalue weighted by Crippen LogP contribution is -2.33. The topological polar surface area (TPSA) is 72.1 Å². The number of carbonyl (C=O) groups is 1. The number of thiazole rings is 1. The minimum atomic E-state index is -0.397. The van der Waals surface area contributed by atoms with Crippen LogP contribution in [-0.2, 0) is 6.54 Å². The molecule has 1 fully saturated rings. The molecule has 5 nitrogen and oxygen atoms in total. The summed E-state index contributed by atoms with van der Waals surface area (Å²) >= 11 is 1.42. The molecule has 0 aromatic carbocycles. The van der Waals surface area contributed by atoms with Gasteiger partial charge in [-0.15, -0.1) is 11.3 Å². The Morgan fingerprint density at radius 2 is 2.32 bits per heavy atom. The van der Waals surface area contributed by atoms with Crippen molar-refractivity contribution in [1.82, 2.24) is 14.9 Å². The Balaban J connectivity index is 1.79. The molecule has 3 rings (SSSR count). The number of aromatic nitrogens is 2. The minimum absolute atomic E-state index is 0.258. The molecule has 116 valence electrons. The first-order valence-corrected chi connectivity index (χ1v) is 8.37. The van der Waals surface area contributed by atoms with E-state index in [0.717, 1.165) is 35.9 Å². The van der Waals surface area contributed by atoms with E-state index in [1.165, 1.54) is 24.2 Å². The van der Waals surface area contributed by atoms with Crippen molar-refractivity contribution in [2.75, 3.05) is 6.54 Å². The summed E-state index contributed by atoms with van der Waals surface area (Å²) in [5, 5.41) is 0.987. The highest BCUT2D eigenvalue weighted by molar-refractivity contribution is 7.13. The Morgan fingerprint density at radius 1 is 1.45 bits per heavy atom. The van der Waals surface area contributed by atoms with Gasteiger partial charge in [-0.25, -0.2) is 4.98 Å². The fourth-order valence-corrected chi connectivity index (χ4v) is 3.85. The second kappa shape index (κ2) is 6.54. The molecule has 0 saturated carbocycles. The van der Waals surface area contributed by atoms with Crippen LogP contribution in [0.2, 0.25) is 0 Å². The number of primary amides is 1. The molecule has 22 heavy (non-hydrogen) atoms. The van der Waals surface area contributed by atoms with Crippen molar-refractivity contribution in [3.63, 3.8) is 0 Å². The van der Waals surface area contributed by atoms with Gasteiger partial charge in [0.05, 0.1) is 17.9 Å². The maximum Gasteiger partial charge on any atom is 0.260 e. The van der Waals surface area contributed by atoms with Gasteiger partial charge in [-0.3, -0.25) is 14.7 Å². The lowest BCUT2D eigenvalue weighted by atomic mass is 10.0. The summed E-state index contributed by atoms with van der Waals surface area (Å²) in [5.74, 6) is -0.397. The number of pyridine rings is 1. The van der Waals surface area contributed by atoms with E-state index < -0.39 is 5.91 Å². The average Bonchev–Trinajstić information content (AvgIpc) is 2.98. The van der Waals surface area contributed by atoms with Crippen molar-refractivity contribution in [2.24, 2.45) is 5.73 Å². The molecule has 1 atom stereocenters. The number of hydrogen-bond acceptors (Lipinski definition) is 5. The molecule has 1 aliphatic rings. The van der Waals surface area contributed by atoms with Crippen LogP contribution < -0.4 is 5.73 Å². The highest BCUT2D eigenvalue weighted by atomic mass is 32.1. The molecule has 3 heterocycles. The van der Waals surface area contributed by atoms with Crippen LogP contribution in [0.5, 0.6) is 0 Å². The second-order valence-electron chi connectivity index (χ2n) is 5.68. The summed E-state index contributed by atoms with van der Waals surface area (Å²) in [6, 6.07) is 6.38. The molecule has 1 saturated heterocycles. The predicted molar refractivity (Wildman–Crippen MR) is 86.6 cm³/mol. The van der Waals surface area contributed by atoms with Crippen LogP contribution in [0.3, 0.4) is 0 Å². The molecule has 2 N–H and O–H groups in total. The van der Waals surface area contributed by atoms with Crippen molar-refractivity contribution < 1.29 is 4.79 Å². The van der Waals surface area contributed by atoms with Crippen molar-refractivity contribution in [3.05, 3.63) is 45.7 Å². The van der Waals surface area contributed by atoms with Crippen molar-refractivity contribution in [1.29, 1.82) is 0 Å². The van der Waals surface area contributed by atoms with Gasteiger partial charge in [0.25, 0.3) is 5.91 Å². The lowest BCUT2D eigenvalue weighted by molar-refractivity contribution is 0.100. The molecule has 0 spiro atoms. The number of nitrogens with two attached hydrogens (primary N) is 1. The van der Waals surface area contributed by atoms with E-state index in [0.29, 0.717) is 4.88 Å². The summed E-state index contributed by atoms with van der Waals surface area (Å²) in [4.78, 5) is 23.2. The summed E-state index contributed by atoms with van der Waals surface area (Å²) in [6.45, 7) is 3.86. The fourth-order valence-electron chi connectivity index (χ4n) is 2.91. The maximum absolute atomic E-state index is 11.3. The highest BCUT2D eigenvalue weighted by Gasteiger charge is 2.27. The maximum atomic E-state index is 11.3. The third-order valence-corrected chi connectivity index (χ3v) is 5.09. The van der Waals surface area contributed by atoms with Gasteiger partial charge in [0.15, 0.2) is 0 Å². The van der Waals surface area contributed by atoms with Gasteiger partial charge in [-0.05, 0) is 38.4 Å². The fraction of sp³-hybridized carbons (Fsp3) is 0.438. The van der Waals surface area contributed by atoms with Crippen LogP contribution in [-0.4, -0.2) is 27.3 Å². The molecular formula is C16H20N4OS. The van der Waals surface area contributed by atoms with E-state index in [2.05, 4.69) is 20.9 Å². The molecule has 1 aliphatic heterocycles. The summed E-state index contributed by atoms with van der Waals surface area (Å²) in [7, 11) is 0. The van der Waals surface area contributed by atoms with E-state index in [4.69, 9.17) is 5.73 Å². The Bertz CT molecular complexity index is 670. The van der Waals surface area contributed by atoms with E-state index in [1.54, 1.807) is 6.20 Å². The van der Waals surface area contributed by atoms with Crippen LogP contribution >= 0.6 is 11.3 Å². The van der Waals surface area contributed by atoms with Crippen LogP contribution in [0.25, 0.3) is 0 Å². The van der Waals surface area contributed by atoms with Gasteiger partial charge in [0.1, 0.15) is 9.88 Å². The Labute approximate surface area is 134 Å². The summed E-state index contributed by atoms with van der Waals surface area (Å²) in [6.07, 6.45) is 5.04. The van der Waals surface area contributed by atoms with Crippen molar-refractivity contribution in [3.8, 4) is 0 Å². The SMILES string of the molecule is Cc1cccc(CN2CCCCC2c2ncc(C(N)=O)s2)n1.